The Bertz CT molecular complexity index is 1470. The summed E-state index contributed by atoms with van der Waals surface area (Å²) in [5.74, 6) is -1.81. The van der Waals surface area contributed by atoms with Gasteiger partial charge >= 0.3 is 5.97 Å². The normalized spacial score (nSPS) is 22.8. The number of morpholine rings is 1. The molecule has 0 spiro atoms. The summed E-state index contributed by atoms with van der Waals surface area (Å²) in [7, 11) is 0. The van der Waals surface area contributed by atoms with Gasteiger partial charge in [0.15, 0.2) is 5.13 Å². The number of aryl methyl sites for hydroxylation is 1. The number of amides is 2. The first-order valence-corrected chi connectivity index (χ1v) is 17.4. The first-order valence-electron chi connectivity index (χ1n) is 14.6. The molecule has 45 heavy (non-hydrogen) atoms. The van der Waals surface area contributed by atoms with Crippen molar-refractivity contribution in [1.29, 1.82) is 0 Å². The van der Waals surface area contributed by atoms with Crippen LogP contribution in [0.5, 0.6) is 0 Å². The van der Waals surface area contributed by atoms with Gasteiger partial charge in [-0.2, -0.15) is 9.36 Å². The summed E-state index contributed by atoms with van der Waals surface area (Å²) in [6.45, 7) is 4.82. The molecule has 4 N–H and O–H groups in total. The van der Waals surface area contributed by atoms with Crippen LogP contribution in [0.4, 0.5) is 5.13 Å². The van der Waals surface area contributed by atoms with Crippen molar-refractivity contribution < 1.29 is 29.1 Å². The minimum absolute atomic E-state index is 0.00166. The number of carbonyl (C=O) groups is 3. The Balaban J connectivity index is 1.08. The zero-order chi connectivity index (χ0) is 31.3. The Morgan fingerprint density at radius 1 is 1.22 bits per heavy atom. The molecule has 1 aliphatic carbocycles. The van der Waals surface area contributed by atoms with Crippen LogP contribution in [0.3, 0.4) is 0 Å². The van der Waals surface area contributed by atoms with Gasteiger partial charge in [-0.1, -0.05) is 16.9 Å². The van der Waals surface area contributed by atoms with E-state index in [1.807, 2.05) is 0 Å². The van der Waals surface area contributed by atoms with Gasteiger partial charge in [-0.05, 0) is 48.1 Å². The Morgan fingerprint density at radius 3 is 2.76 bits per heavy atom. The quantitative estimate of drug-likeness (QED) is 0.110. The Hall–Kier alpha value is -3.33. The number of ether oxygens (including phenoxy) is 1. The molecule has 0 aromatic carbocycles. The molecule has 242 valence electrons. The summed E-state index contributed by atoms with van der Waals surface area (Å²) in [5, 5.41) is 29.0. The van der Waals surface area contributed by atoms with Gasteiger partial charge < -0.3 is 25.7 Å². The maximum atomic E-state index is 13.3. The van der Waals surface area contributed by atoms with Crippen molar-refractivity contribution in [1.82, 2.24) is 44.7 Å². The number of nitrogen functional groups attached to an aromatic ring is 1. The number of nitrogens with zero attached hydrogens (tertiary/aromatic N) is 9. The maximum Gasteiger partial charge on any atom is 0.352 e. The number of aliphatic carboxylic acids is 1. The summed E-state index contributed by atoms with van der Waals surface area (Å²) in [4.78, 5) is 52.2. The van der Waals surface area contributed by atoms with Crippen LogP contribution in [0.25, 0.3) is 0 Å². The van der Waals surface area contributed by atoms with Gasteiger partial charge in [-0.15, -0.1) is 16.9 Å². The summed E-state index contributed by atoms with van der Waals surface area (Å²) in [6, 6.07) is -0.961. The standard InChI is InChI=1S/C25H33N11O6S3/c26-24-28-19(31-45-24)16(30-42-15-4-1-2-5-15)20(37)27-17-21(38)36-18(23(39)40)14(12-43-22(17)36)13-44-25-29-32-33-35(25)7-3-6-34-8-10-41-11-9-34/h15,17,22H,1-13H2,(H,27,37)(H,39,40)(H2,26,28,31)/t17?,22-/m0/s1. The molecule has 1 unspecified atom stereocenters. The van der Waals surface area contributed by atoms with Gasteiger partial charge in [0.25, 0.3) is 11.8 Å². The fourth-order valence-electron chi connectivity index (χ4n) is 5.50. The van der Waals surface area contributed by atoms with E-state index in [2.05, 4.69) is 40.3 Å². The number of carboxylic acids is 1. The predicted octanol–water partition coefficient (Wildman–Crippen LogP) is 0.0233. The van der Waals surface area contributed by atoms with Crippen molar-refractivity contribution in [2.45, 2.75) is 61.3 Å². The number of tetrazole rings is 1. The number of hydrogen-bond acceptors (Lipinski definition) is 16. The lowest BCUT2D eigenvalue weighted by molar-refractivity contribution is -0.150. The molecule has 4 aliphatic rings. The third-order valence-electron chi connectivity index (χ3n) is 7.82. The number of anilines is 1. The van der Waals surface area contributed by atoms with E-state index >= 15 is 0 Å². The molecule has 0 bridgehead atoms. The van der Waals surface area contributed by atoms with Crippen LogP contribution in [0.1, 0.15) is 37.9 Å². The number of fused-ring (bicyclic) bond motifs is 1. The van der Waals surface area contributed by atoms with Crippen LogP contribution in [-0.2, 0) is 30.5 Å². The summed E-state index contributed by atoms with van der Waals surface area (Å²) in [5.41, 5.74) is 6.03. The number of β-lactam (4-membered cyclic amide) rings is 1. The second-order valence-electron chi connectivity index (χ2n) is 10.8. The van der Waals surface area contributed by atoms with E-state index in [-0.39, 0.29) is 34.2 Å². The van der Waals surface area contributed by atoms with Crippen LogP contribution >= 0.6 is 35.1 Å². The lowest BCUT2D eigenvalue weighted by Crippen LogP contribution is -2.71. The SMILES string of the molecule is Nc1nc(C(=NOC2CCCC2)C(=O)NC2C(=O)N3C(C(=O)O)=C(CSc4nnnn4CCCN4CCOCC4)CS[C@@H]23)ns1. The molecule has 2 aromatic rings. The predicted molar refractivity (Wildman–Crippen MR) is 164 cm³/mol. The van der Waals surface area contributed by atoms with Crippen LogP contribution in [0.15, 0.2) is 21.6 Å². The van der Waals surface area contributed by atoms with E-state index in [1.165, 1.54) is 28.4 Å². The van der Waals surface area contributed by atoms with Crippen molar-refractivity contribution >= 4 is 63.7 Å². The Labute approximate surface area is 270 Å². The van der Waals surface area contributed by atoms with E-state index in [4.69, 9.17) is 15.3 Å². The molecule has 1 saturated carbocycles. The number of carboxylic acid groups (broad SMARTS) is 1. The minimum atomic E-state index is -1.21. The van der Waals surface area contributed by atoms with Crippen LogP contribution in [0, 0.1) is 0 Å². The molecule has 5 heterocycles. The fraction of sp³-hybridized carbons (Fsp3) is 0.640. The largest absolute Gasteiger partial charge is 0.477 e. The van der Waals surface area contributed by atoms with Crippen LogP contribution in [0.2, 0.25) is 0 Å². The average molecular weight is 680 g/mol. The number of hydrogen-bond donors (Lipinski definition) is 3. The number of oxime groups is 1. The van der Waals surface area contributed by atoms with Gasteiger partial charge in [0.05, 0.1) is 13.2 Å². The monoisotopic (exact) mass is 679 g/mol. The molecule has 17 nitrogen and oxygen atoms in total. The molecule has 6 rings (SSSR count). The fourth-order valence-corrected chi connectivity index (χ4v) is 8.32. The molecule has 3 fully saturated rings. The molecule has 2 amide bonds. The van der Waals surface area contributed by atoms with Crippen molar-refractivity contribution in [3.63, 3.8) is 0 Å². The highest BCUT2D eigenvalue weighted by Gasteiger charge is 2.54. The average Bonchev–Trinajstić information content (AvgIpc) is 3.82. The van der Waals surface area contributed by atoms with Crippen molar-refractivity contribution in [3.05, 3.63) is 17.1 Å². The molecule has 2 saturated heterocycles. The minimum Gasteiger partial charge on any atom is -0.477 e. The van der Waals surface area contributed by atoms with E-state index in [0.29, 0.717) is 23.0 Å². The van der Waals surface area contributed by atoms with Gasteiger partial charge in [0, 0.05) is 49.2 Å². The Kier molecular flexibility index (Phi) is 10.1. The molecule has 3 aliphatic heterocycles. The first-order chi connectivity index (χ1) is 21.9. The number of carbonyl (C=O) groups excluding carboxylic acids is 2. The second-order valence-corrected chi connectivity index (χ2v) is 13.6. The number of thioether (sulfide) groups is 2. The summed E-state index contributed by atoms with van der Waals surface area (Å²) >= 11 is 3.61. The van der Waals surface area contributed by atoms with Gasteiger partial charge in [-0.25, -0.2) is 9.48 Å². The van der Waals surface area contributed by atoms with Gasteiger partial charge in [0.1, 0.15) is 23.2 Å². The molecular weight excluding hydrogens is 647 g/mol. The topological polar surface area (TPSA) is 216 Å². The van der Waals surface area contributed by atoms with Crippen molar-refractivity contribution in [3.8, 4) is 0 Å². The molecule has 20 heteroatoms. The summed E-state index contributed by atoms with van der Waals surface area (Å²) < 4.78 is 11.2. The van der Waals surface area contributed by atoms with E-state index < -0.39 is 29.2 Å². The molecule has 0 radical (unpaired) electrons. The number of aromatic nitrogens is 6. The molecule has 2 atom stereocenters. The third-order valence-corrected chi connectivity index (χ3v) is 10.7. The maximum absolute atomic E-state index is 13.3. The van der Waals surface area contributed by atoms with E-state index in [0.717, 1.165) is 76.5 Å². The van der Waals surface area contributed by atoms with Crippen molar-refractivity contribution in [2.75, 3.05) is 50.1 Å². The van der Waals surface area contributed by atoms with Gasteiger partial charge in [0.2, 0.25) is 16.7 Å². The highest BCUT2D eigenvalue weighted by Crippen LogP contribution is 2.41. The molecule has 2 aromatic heterocycles. The summed E-state index contributed by atoms with van der Waals surface area (Å²) in [6.07, 6.45) is 4.43. The number of nitrogens with one attached hydrogen (secondary N) is 1. The zero-order valence-corrected chi connectivity index (χ0v) is 26.7. The van der Waals surface area contributed by atoms with Crippen molar-refractivity contribution in [2.24, 2.45) is 5.16 Å². The smallest absolute Gasteiger partial charge is 0.352 e. The number of nitrogens with two attached hydrogens (primary N) is 1. The van der Waals surface area contributed by atoms with Gasteiger partial charge in [-0.3, -0.25) is 19.4 Å². The number of rotatable bonds is 13. The van der Waals surface area contributed by atoms with E-state index in [1.54, 1.807) is 4.68 Å². The lowest BCUT2D eigenvalue weighted by Gasteiger charge is -2.49. The van der Waals surface area contributed by atoms with E-state index in [9.17, 15) is 19.5 Å². The highest BCUT2D eigenvalue weighted by atomic mass is 32.2. The van der Waals surface area contributed by atoms with Crippen LogP contribution in [-0.4, -0.2) is 130 Å². The highest BCUT2D eigenvalue weighted by molar-refractivity contribution is 8.01. The Morgan fingerprint density at radius 2 is 2.02 bits per heavy atom. The zero-order valence-electron chi connectivity index (χ0n) is 24.2. The van der Waals surface area contributed by atoms with Crippen LogP contribution < -0.4 is 11.1 Å². The third kappa shape index (κ3) is 7.24. The lowest BCUT2D eigenvalue weighted by atomic mass is 10.0. The molecular formula is C25H33N11O6S3. The second kappa shape index (κ2) is 14.4. The first kappa shape index (κ1) is 31.6.